The molecule has 1 fully saturated rings. The van der Waals surface area contributed by atoms with Crippen molar-refractivity contribution in [2.24, 2.45) is 0 Å². The number of hydrogen-bond acceptors (Lipinski definition) is 4. The van der Waals surface area contributed by atoms with Crippen LogP contribution in [0.15, 0.2) is 0 Å². The number of phenolic OH excluding ortho intramolecular Hbond substituents is 1. The van der Waals surface area contributed by atoms with Crippen LogP contribution in [-0.4, -0.2) is 23.1 Å². The number of hydrogen-bond donors (Lipinski definition) is 1. The molecule has 0 spiro atoms. The average Bonchev–Trinajstić information content (AvgIpc) is 2.56. The second-order valence-corrected chi connectivity index (χ2v) is 6.89. The quantitative estimate of drug-likeness (QED) is 0.431. The Morgan fingerprint density at radius 1 is 1.08 bits per heavy atom. The number of anilines is 1. The predicted molar refractivity (Wildman–Crippen MR) is 98.1 cm³/mol. The number of benzene rings is 1. The minimum absolute atomic E-state index is 0.112. The minimum atomic E-state index is -0.437. The van der Waals surface area contributed by atoms with Crippen LogP contribution in [-0.2, 0) is 6.42 Å². The molecular formula is C19H30N2O3. The van der Waals surface area contributed by atoms with Crippen LogP contribution in [0.3, 0.4) is 0 Å². The number of piperidine rings is 1. The average molecular weight is 334 g/mol. The zero-order valence-electron chi connectivity index (χ0n) is 15.2. The summed E-state index contributed by atoms with van der Waals surface area (Å²) in [5.74, 6) is -0.157. The maximum Gasteiger partial charge on any atom is 0.314 e. The Morgan fingerprint density at radius 3 is 2.33 bits per heavy atom. The zero-order valence-corrected chi connectivity index (χ0v) is 15.2. The molecule has 0 bridgehead atoms. The Bertz CT molecular complexity index is 593. The van der Waals surface area contributed by atoms with Gasteiger partial charge in [-0.2, -0.15) is 0 Å². The molecule has 0 aliphatic carbocycles. The van der Waals surface area contributed by atoms with Crippen LogP contribution in [0.2, 0.25) is 0 Å². The van der Waals surface area contributed by atoms with Crippen molar-refractivity contribution in [2.75, 3.05) is 18.0 Å². The molecule has 1 aliphatic rings. The minimum Gasteiger partial charge on any atom is -0.502 e. The van der Waals surface area contributed by atoms with Gasteiger partial charge in [-0.05, 0) is 51.5 Å². The first-order chi connectivity index (χ1) is 11.5. The Morgan fingerprint density at radius 2 is 1.75 bits per heavy atom. The van der Waals surface area contributed by atoms with E-state index in [4.69, 9.17) is 0 Å². The Kier molecular flexibility index (Phi) is 6.46. The molecule has 1 saturated heterocycles. The summed E-state index contributed by atoms with van der Waals surface area (Å²) >= 11 is 0. The number of aromatic hydroxyl groups is 1. The summed E-state index contributed by atoms with van der Waals surface area (Å²) in [5, 5.41) is 21.9. The maximum absolute atomic E-state index is 11.4. The number of rotatable bonds is 7. The molecule has 0 aromatic heterocycles. The largest absolute Gasteiger partial charge is 0.502 e. The van der Waals surface area contributed by atoms with Gasteiger partial charge in [-0.3, -0.25) is 10.1 Å². The first-order valence-electron chi connectivity index (χ1n) is 9.23. The van der Waals surface area contributed by atoms with Crippen LogP contribution in [0, 0.1) is 24.0 Å². The Hall–Kier alpha value is -1.78. The lowest BCUT2D eigenvalue weighted by Gasteiger charge is -2.33. The van der Waals surface area contributed by atoms with Gasteiger partial charge in [0.15, 0.2) is 5.75 Å². The topological polar surface area (TPSA) is 66.6 Å². The predicted octanol–water partition coefficient (Wildman–Crippen LogP) is 5.03. The van der Waals surface area contributed by atoms with Gasteiger partial charge in [-0.1, -0.05) is 26.2 Å². The van der Waals surface area contributed by atoms with Gasteiger partial charge in [0, 0.05) is 29.9 Å². The van der Waals surface area contributed by atoms with E-state index in [1.54, 1.807) is 6.92 Å². The van der Waals surface area contributed by atoms with E-state index < -0.39 is 4.92 Å². The van der Waals surface area contributed by atoms with E-state index in [1.165, 1.54) is 19.3 Å². The molecule has 0 radical (unpaired) electrons. The Labute approximate surface area is 144 Å². The van der Waals surface area contributed by atoms with Gasteiger partial charge in [0.25, 0.3) is 0 Å². The molecule has 0 amide bonds. The molecule has 24 heavy (non-hydrogen) atoms. The van der Waals surface area contributed by atoms with Gasteiger partial charge in [0.05, 0.1) is 4.92 Å². The third kappa shape index (κ3) is 3.82. The van der Waals surface area contributed by atoms with Gasteiger partial charge < -0.3 is 10.0 Å². The fourth-order valence-electron chi connectivity index (χ4n) is 3.82. The Balaban J connectivity index is 2.46. The van der Waals surface area contributed by atoms with E-state index in [0.717, 1.165) is 56.4 Å². The van der Waals surface area contributed by atoms with Crippen LogP contribution < -0.4 is 4.90 Å². The molecule has 0 atom stereocenters. The van der Waals surface area contributed by atoms with Crippen LogP contribution >= 0.6 is 0 Å². The molecule has 0 unspecified atom stereocenters. The number of nitro benzene ring substituents is 1. The molecule has 134 valence electrons. The molecule has 5 heteroatoms. The van der Waals surface area contributed by atoms with Gasteiger partial charge in [0.1, 0.15) is 0 Å². The first-order valence-corrected chi connectivity index (χ1v) is 9.23. The van der Waals surface area contributed by atoms with Gasteiger partial charge in [-0.25, -0.2) is 0 Å². The summed E-state index contributed by atoms with van der Waals surface area (Å²) in [4.78, 5) is 13.3. The standard InChI is InChI=1S/C19H30N2O3/c1-4-5-6-8-11-16-14(2)18(21(23)24)19(22)15(3)17(16)20-12-9-7-10-13-20/h22H,4-13H2,1-3H3. The van der Waals surface area contributed by atoms with Crippen molar-refractivity contribution in [3.63, 3.8) is 0 Å². The van der Waals surface area contributed by atoms with Crippen LogP contribution in [0.5, 0.6) is 5.75 Å². The lowest BCUT2D eigenvalue weighted by Crippen LogP contribution is -2.31. The smallest absolute Gasteiger partial charge is 0.314 e. The summed E-state index contributed by atoms with van der Waals surface area (Å²) < 4.78 is 0. The van der Waals surface area contributed by atoms with Crippen molar-refractivity contribution in [3.05, 3.63) is 26.8 Å². The van der Waals surface area contributed by atoms with Crippen molar-refractivity contribution in [2.45, 2.75) is 72.1 Å². The molecule has 1 N–H and O–H groups in total. The van der Waals surface area contributed by atoms with Crippen LogP contribution in [0.4, 0.5) is 11.4 Å². The number of nitro groups is 1. The zero-order chi connectivity index (χ0) is 17.7. The monoisotopic (exact) mass is 334 g/mol. The molecule has 1 aliphatic heterocycles. The maximum atomic E-state index is 11.4. The lowest BCUT2D eigenvalue weighted by molar-refractivity contribution is -0.386. The fraction of sp³-hybridized carbons (Fsp3) is 0.684. The summed E-state index contributed by atoms with van der Waals surface area (Å²) in [6.45, 7) is 7.74. The van der Waals surface area contributed by atoms with E-state index >= 15 is 0 Å². The highest BCUT2D eigenvalue weighted by atomic mass is 16.6. The molecule has 0 saturated carbocycles. The van der Waals surface area contributed by atoms with E-state index in [2.05, 4.69) is 11.8 Å². The second-order valence-electron chi connectivity index (χ2n) is 6.89. The van der Waals surface area contributed by atoms with Crippen LogP contribution in [0.1, 0.15) is 68.6 Å². The van der Waals surface area contributed by atoms with Gasteiger partial charge >= 0.3 is 5.69 Å². The molecule has 1 aromatic rings. The first kappa shape index (κ1) is 18.6. The highest BCUT2D eigenvalue weighted by molar-refractivity contribution is 5.73. The second kappa shape index (κ2) is 8.36. The SMILES string of the molecule is CCCCCCc1c(C)c([N+](=O)[O-])c(O)c(C)c1N1CCCCC1. The van der Waals surface area contributed by atoms with E-state index in [9.17, 15) is 15.2 Å². The summed E-state index contributed by atoms with van der Waals surface area (Å²) in [7, 11) is 0. The number of unbranched alkanes of at least 4 members (excludes halogenated alkanes) is 3. The summed E-state index contributed by atoms with van der Waals surface area (Å²) in [5.41, 5.74) is 3.31. The normalized spacial score (nSPS) is 14.9. The van der Waals surface area contributed by atoms with E-state index in [0.29, 0.717) is 11.1 Å². The third-order valence-corrected chi connectivity index (χ3v) is 5.16. The van der Waals surface area contributed by atoms with Crippen LogP contribution in [0.25, 0.3) is 0 Å². The molecule has 1 aromatic carbocycles. The molecule has 2 rings (SSSR count). The third-order valence-electron chi connectivity index (χ3n) is 5.16. The van der Waals surface area contributed by atoms with Crippen molar-refractivity contribution in [3.8, 4) is 5.75 Å². The number of nitrogens with zero attached hydrogens (tertiary/aromatic N) is 2. The highest BCUT2D eigenvalue weighted by Gasteiger charge is 2.29. The van der Waals surface area contributed by atoms with Crippen molar-refractivity contribution < 1.29 is 10.0 Å². The van der Waals surface area contributed by atoms with Crippen molar-refractivity contribution >= 4 is 11.4 Å². The summed E-state index contributed by atoms with van der Waals surface area (Å²) in [6.07, 6.45) is 8.92. The highest BCUT2D eigenvalue weighted by Crippen LogP contribution is 2.43. The van der Waals surface area contributed by atoms with E-state index in [-0.39, 0.29) is 11.4 Å². The summed E-state index contributed by atoms with van der Waals surface area (Å²) in [6, 6.07) is 0. The van der Waals surface area contributed by atoms with Crippen molar-refractivity contribution in [1.29, 1.82) is 0 Å². The lowest BCUT2D eigenvalue weighted by atomic mass is 9.92. The fourth-order valence-corrected chi connectivity index (χ4v) is 3.82. The molecule has 5 nitrogen and oxygen atoms in total. The van der Waals surface area contributed by atoms with Gasteiger partial charge in [-0.15, -0.1) is 0 Å². The van der Waals surface area contributed by atoms with Crippen molar-refractivity contribution in [1.82, 2.24) is 0 Å². The van der Waals surface area contributed by atoms with Gasteiger partial charge in [0.2, 0.25) is 0 Å². The molecular weight excluding hydrogens is 304 g/mol. The molecule has 1 heterocycles. The van der Waals surface area contributed by atoms with E-state index in [1.807, 2.05) is 6.92 Å². The number of phenols is 1.